The second-order valence-electron chi connectivity index (χ2n) is 7.63. The quantitative estimate of drug-likeness (QED) is 0.705. The van der Waals surface area contributed by atoms with Gasteiger partial charge in [-0.2, -0.15) is 0 Å². The number of fused-ring (bicyclic) bond motifs is 5. The lowest BCUT2D eigenvalue weighted by Crippen LogP contribution is -2.38. The molecule has 0 N–H and O–H groups in total. The smallest absolute Gasteiger partial charge is 0.261 e. The number of piperidine rings is 1. The van der Waals surface area contributed by atoms with Crippen LogP contribution in [0, 0.1) is 0 Å². The van der Waals surface area contributed by atoms with E-state index in [1.807, 2.05) is 49.5 Å². The van der Waals surface area contributed by atoms with E-state index in [1.54, 1.807) is 4.57 Å². The maximum Gasteiger partial charge on any atom is 0.261 e. The molecule has 3 fully saturated rings. The van der Waals surface area contributed by atoms with Gasteiger partial charge in [0.25, 0.3) is 5.56 Å². The first-order valence-corrected chi connectivity index (χ1v) is 9.76. The molecule has 0 spiro atoms. The van der Waals surface area contributed by atoms with Gasteiger partial charge in [0, 0.05) is 50.5 Å². The number of hydrogen-bond acceptors (Lipinski definition) is 4. The fourth-order valence-electron chi connectivity index (χ4n) is 4.51. The van der Waals surface area contributed by atoms with Crippen LogP contribution in [0.3, 0.4) is 0 Å². The van der Waals surface area contributed by atoms with Crippen molar-refractivity contribution < 1.29 is 0 Å². The summed E-state index contributed by atoms with van der Waals surface area (Å²) in [4.78, 5) is 22.9. The van der Waals surface area contributed by atoms with Gasteiger partial charge in [-0.1, -0.05) is 30.3 Å². The highest BCUT2D eigenvalue weighted by Gasteiger charge is 2.29. The van der Waals surface area contributed by atoms with Crippen LogP contribution >= 0.6 is 0 Å². The topological polar surface area (TPSA) is 41.4 Å². The Hall–Kier alpha value is -2.66. The van der Waals surface area contributed by atoms with Crippen molar-refractivity contribution in [1.82, 2.24) is 14.5 Å². The van der Waals surface area contributed by atoms with Crippen molar-refractivity contribution in [1.29, 1.82) is 0 Å². The molecule has 138 valence electrons. The largest absolute Gasteiger partial charge is 0.367 e. The summed E-state index contributed by atoms with van der Waals surface area (Å²) in [6.07, 6.45) is 2.42. The zero-order chi connectivity index (χ0) is 18.4. The van der Waals surface area contributed by atoms with Gasteiger partial charge < -0.3 is 9.80 Å². The first kappa shape index (κ1) is 16.5. The van der Waals surface area contributed by atoms with Gasteiger partial charge in [0.2, 0.25) is 0 Å². The van der Waals surface area contributed by atoms with Crippen molar-refractivity contribution in [3.63, 3.8) is 0 Å². The number of anilines is 1. The minimum atomic E-state index is 0.0172. The van der Waals surface area contributed by atoms with Gasteiger partial charge in [-0.05, 0) is 31.0 Å². The molecule has 3 aromatic rings. The number of rotatable bonds is 2. The van der Waals surface area contributed by atoms with E-state index in [-0.39, 0.29) is 5.56 Å². The van der Waals surface area contributed by atoms with Crippen LogP contribution in [-0.4, -0.2) is 46.7 Å². The van der Waals surface area contributed by atoms with Gasteiger partial charge in [0.05, 0.1) is 10.9 Å². The average molecular weight is 360 g/mol. The number of benzene rings is 2. The summed E-state index contributed by atoms with van der Waals surface area (Å²) in [7, 11) is 1.81. The first-order chi connectivity index (χ1) is 13.2. The third-order valence-corrected chi connectivity index (χ3v) is 6.08. The summed E-state index contributed by atoms with van der Waals surface area (Å²) in [5.74, 6) is 0.710. The second kappa shape index (κ2) is 6.50. The van der Waals surface area contributed by atoms with Gasteiger partial charge in [0.1, 0.15) is 5.82 Å². The van der Waals surface area contributed by atoms with Gasteiger partial charge in [-0.15, -0.1) is 0 Å². The maximum absolute atomic E-state index is 13.1. The van der Waals surface area contributed by atoms with E-state index in [9.17, 15) is 4.79 Å². The summed E-state index contributed by atoms with van der Waals surface area (Å²) < 4.78 is 1.67. The molecule has 0 amide bonds. The third-order valence-electron chi connectivity index (χ3n) is 6.08. The van der Waals surface area contributed by atoms with Crippen molar-refractivity contribution >= 4 is 16.6 Å². The van der Waals surface area contributed by atoms with Crippen LogP contribution in [0.4, 0.5) is 5.69 Å². The number of hydrogen-bond donors (Lipinski definition) is 0. The highest BCUT2D eigenvalue weighted by Crippen LogP contribution is 2.28. The van der Waals surface area contributed by atoms with Gasteiger partial charge in [-0.3, -0.25) is 9.36 Å². The van der Waals surface area contributed by atoms with Crippen LogP contribution in [0.25, 0.3) is 22.3 Å². The molecule has 0 saturated carbocycles. The molecule has 4 heterocycles. The summed E-state index contributed by atoms with van der Waals surface area (Å²) in [5.41, 5.74) is 2.90. The minimum Gasteiger partial charge on any atom is -0.367 e. The van der Waals surface area contributed by atoms with E-state index in [1.165, 1.54) is 25.9 Å². The predicted molar refractivity (Wildman–Crippen MR) is 109 cm³/mol. The lowest BCUT2D eigenvalue weighted by Gasteiger charge is -2.33. The van der Waals surface area contributed by atoms with Crippen molar-refractivity contribution in [2.45, 2.75) is 18.9 Å². The SMILES string of the molecule is Cn1c(-c2ccccc2)nc2ccc(N3CCN4CCC3CC4)cc2c1=O. The lowest BCUT2D eigenvalue weighted by atomic mass is 10.0. The highest BCUT2D eigenvalue weighted by atomic mass is 16.1. The molecule has 5 nitrogen and oxygen atoms in total. The Morgan fingerprint density at radius 1 is 0.963 bits per heavy atom. The van der Waals surface area contributed by atoms with Crippen LogP contribution < -0.4 is 10.5 Å². The van der Waals surface area contributed by atoms with Gasteiger partial charge in [0.15, 0.2) is 0 Å². The fourth-order valence-corrected chi connectivity index (χ4v) is 4.51. The standard InChI is InChI=1S/C22H24N4O/c1-24-21(16-5-3-2-4-6-16)23-20-8-7-18(15-19(20)22(24)27)26-14-13-25-11-9-17(26)10-12-25/h2-8,15,17H,9-14H2,1H3. The van der Waals surface area contributed by atoms with E-state index in [0.717, 1.165) is 29.9 Å². The summed E-state index contributed by atoms with van der Waals surface area (Å²) in [6.45, 7) is 4.53. The van der Waals surface area contributed by atoms with Crippen LogP contribution in [0.1, 0.15) is 12.8 Å². The van der Waals surface area contributed by atoms with E-state index in [2.05, 4.69) is 15.9 Å². The normalized spacial score (nSPS) is 22.2. The molecular formula is C22H24N4O. The molecule has 3 aliphatic rings. The monoisotopic (exact) mass is 360 g/mol. The van der Waals surface area contributed by atoms with Crippen molar-refractivity contribution in [2.75, 3.05) is 31.1 Å². The molecule has 0 aliphatic carbocycles. The fraction of sp³-hybridized carbons (Fsp3) is 0.364. The Balaban J connectivity index is 1.60. The van der Waals surface area contributed by atoms with Gasteiger partial charge >= 0.3 is 0 Å². The second-order valence-corrected chi connectivity index (χ2v) is 7.63. The lowest BCUT2D eigenvalue weighted by molar-refractivity contribution is 0.250. The Labute approximate surface area is 158 Å². The molecule has 0 unspecified atom stereocenters. The van der Waals surface area contributed by atoms with Crippen molar-refractivity contribution in [3.05, 3.63) is 58.9 Å². The van der Waals surface area contributed by atoms with E-state index < -0.39 is 0 Å². The van der Waals surface area contributed by atoms with Crippen LogP contribution in [0.5, 0.6) is 0 Å². The number of aromatic nitrogens is 2. The van der Waals surface area contributed by atoms with E-state index >= 15 is 0 Å². The van der Waals surface area contributed by atoms with Gasteiger partial charge in [-0.25, -0.2) is 4.98 Å². The van der Waals surface area contributed by atoms with Crippen LogP contribution in [-0.2, 0) is 7.05 Å². The molecule has 2 aromatic carbocycles. The molecule has 1 aromatic heterocycles. The molecule has 6 rings (SSSR count). The molecular weight excluding hydrogens is 336 g/mol. The maximum atomic E-state index is 13.1. The van der Waals surface area contributed by atoms with Crippen molar-refractivity contribution in [3.8, 4) is 11.4 Å². The molecule has 3 saturated heterocycles. The summed E-state index contributed by atoms with van der Waals surface area (Å²) in [5, 5.41) is 0.703. The Morgan fingerprint density at radius 3 is 2.52 bits per heavy atom. The van der Waals surface area contributed by atoms with Crippen LogP contribution in [0.2, 0.25) is 0 Å². The molecule has 0 radical (unpaired) electrons. The van der Waals surface area contributed by atoms with E-state index in [4.69, 9.17) is 4.98 Å². The molecule has 2 bridgehead atoms. The Morgan fingerprint density at radius 2 is 1.74 bits per heavy atom. The number of nitrogens with zero attached hydrogens (tertiary/aromatic N) is 4. The zero-order valence-corrected chi connectivity index (χ0v) is 15.6. The molecule has 0 atom stereocenters. The Kier molecular flexibility index (Phi) is 3.97. The predicted octanol–water partition coefficient (Wildman–Crippen LogP) is 2.88. The van der Waals surface area contributed by atoms with Crippen LogP contribution in [0.15, 0.2) is 53.3 Å². The minimum absolute atomic E-state index is 0.0172. The molecule has 5 heteroatoms. The van der Waals surface area contributed by atoms with E-state index in [0.29, 0.717) is 17.3 Å². The highest BCUT2D eigenvalue weighted by molar-refractivity contribution is 5.83. The third kappa shape index (κ3) is 2.82. The summed E-state index contributed by atoms with van der Waals surface area (Å²) in [6, 6.07) is 16.7. The average Bonchev–Trinajstić information content (AvgIpc) is 3.05. The Bertz CT molecular complexity index is 1040. The molecule has 27 heavy (non-hydrogen) atoms. The van der Waals surface area contributed by atoms with Crippen molar-refractivity contribution in [2.24, 2.45) is 7.05 Å². The summed E-state index contributed by atoms with van der Waals surface area (Å²) >= 11 is 0. The first-order valence-electron chi connectivity index (χ1n) is 9.76. The molecule has 3 aliphatic heterocycles. The zero-order valence-electron chi connectivity index (χ0n) is 15.6.